The molecule has 0 aliphatic rings. The third-order valence-electron chi connectivity index (χ3n) is 5.39. The number of nitrogens with one attached hydrogen (secondary N) is 1. The number of hydrogen-bond acceptors (Lipinski definition) is 3. The Morgan fingerprint density at radius 1 is 1.06 bits per heavy atom. The van der Waals surface area contributed by atoms with E-state index in [1.54, 1.807) is 36.7 Å². The molecule has 0 aliphatic heterocycles. The SMILES string of the molecule is Cc1c(Cc2c(Cl)cccc2Cl)c(=O)ccn1/C=C/c1ccc(-c2cnc(CN)[nH]2)cc1. The molecule has 2 heterocycles. The van der Waals surface area contributed by atoms with Crippen LogP contribution in [-0.2, 0) is 13.0 Å². The highest BCUT2D eigenvalue weighted by Crippen LogP contribution is 2.27. The minimum atomic E-state index is -0.0381. The number of hydrogen-bond donors (Lipinski definition) is 2. The van der Waals surface area contributed by atoms with Gasteiger partial charge in [0.2, 0.25) is 0 Å². The molecule has 5 nitrogen and oxygen atoms in total. The van der Waals surface area contributed by atoms with Crippen LogP contribution in [0.25, 0.3) is 23.5 Å². The number of benzene rings is 2. The highest BCUT2D eigenvalue weighted by atomic mass is 35.5. The van der Waals surface area contributed by atoms with E-state index in [0.29, 0.717) is 28.6 Å². The molecular weight excluding hydrogens is 443 g/mol. The van der Waals surface area contributed by atoms with Crippen molar-refractivity contribution in [3.05, 3.63) is 109 Å². The number of nitrogens with zero attached hydrogens (tertiary/aromatic N) is 2. The molecular formula is C25H22Cl2N4O. The summed E-state index contributed by atoms with van der Waals surface area (Å²) >= 11 is 12.6. The number of halogens is 2. The summed E-state index contributed by atoms with van der Waals surface area (Å²) in [5.74, 6) is 0.756. The lowest BCUT2D eigenvalue weighted by Gasteiger charge is -2.12. The van der Waals surface area contributed by atoms with Crippen LogP contribution in [0.4, 0.5) is 0 Å². The fourth-order valence-corrected chi connectivity index (χ4v) is 4.03. The maximum Gasteiger partial charge on any atom is 0.185 e. The molecule has 3 N–H and O–H groups in total. The number of pyridine rings is 1. The molecule has 0 saturated carbocycles. The van der Waals surface area contributed by atoms with Crippen molar-refractivity contribution < 1.29 is 0 Å². The summed E-state index contributed by atoms with van der Waals surface area (Å²) in [6.45, 7) is 2.30. The van der Waals surface area contributed by atoms with E-state index in [1.807, 2.05) is 48.0 Å². The average molecular weight is 465 g/mol. The van der Waals surface area contributed by atoms with Gasteiger partial charge in [0.1, 0.15) is 5.82 Å². The molecule has 7 heteroatoms. The van der Waals surface area contributed by atoms with E-state index in [1.165, 1.54) is 0 Å². The van der Waals surface area contributed by atoms with Crippen molar-refractivity contribution in [2.75, 3.05) is 0 Å². The van der Waals surface area contributed by atoms with Crippen molar-refractivity contribution >= 4 is 35.5 Å². The zero-order valence-corrected chi connectivity index (χ0v) is 19.0. The molecule has 162 valence electrons. The topological polar surface area (TPSA) is 76.7 Å². The van der Waals surface area contributed by atoms with E-state index in [-0.39, 0.29) is 5.43 Å². The monoisotopic (exact) mass is 464 g/mol. The van der Waals surface area contributed by atoms with E-state index < -0.39 is 0 Å². The van der Waals surface area contributed by atoms with Gasteiger partial charge in [-0.15, -0.1) is 0 Å². The number of imidazole rings is 1. The lowest BCUT2D eigenvalue weighted by atomic mass is 10.0. The minimum Gasteiger partial charge on any atom is -0.341 e. The van der Waals surface area contributed by atoms with Gasteiger partial charge in [0.15, 0.2) is 5.43 Å². The first-order chi connectivity index (χ1) is 15.5. The van der Waals surface area contributed by atoms with Crippen molar-refractivity contribution in [1.82, 2.24) is 14.5 Å². The van der Waals surface area contributed by atoms with Crippen molar-refractivity contribution in [3.63, 3.8) is 0 Å². The van der Waals surface area contributed by atoms with Crippen molar-refractivity contribution in [2.24, 2.45) is 5.73 Å². The fraction of sp³-hybridized carbons (Fsp3) is 0.120. The highest BCUT2D eigenvalue weighted by molar-refractivity contribution is 6.36. The number of rotatable bonds is 6. The maximum absolute atomic E-state index is 12.5. The van der Waals surface area contributed by atoms with Crippen LogP contribution in [-0.4, -0.2) is 14.5 Å². The molecule has 0 spiro atoms. The number of aromatic nitrogens is 3. The van der Waals surface area contributed by atoms with E-state index in [2.05, 4.69) is 9.97 Å². The summed E-state index contributed by atoms with van der Waals surface area (Å²) in [7, 11) is 0. The molecule has 2 aromatic heterocycles. The van der Waals surface area contributed by atoms with Gasteiger partial charge in [-0.2, -0.15) is 0 Å². The van der Waals surface area contributed by atoms with Crippen LogP contribution in [0.5, 0.6) is 0 Å². The van der Waals surface area contributed by atoms with E-state index >= 15 is 0 Å². The molecule has 2 aromatic carbocycles. The average Bonchev–Trinajstić information content (AvgIpc) is 3.27. The van der Waals surface area contributed by atoms with Crippen LogP contribution in [0.1, 0.15) is 28.2 Å². The summed E-state index contributed by atoms with van der Waals surface area (Å²) in [6, 6.07) is 15.0. The standard InChI is InChI=1S/C25H22Cl2N4O/c1-16-19(13-20-21(26)3-2-4-22(20)27)24(32)10-12-31(16)11-9-17-5-7-18(8-6-17)23-15-29-25(14-28)30-23/h2-12,15H,13-14,28H2,1H3,(H,29,30)/b11-9+. The van der Waals surface area contributed by atoms with Gasteiger partial charge in [-0.25, -0.2) is 4.98 Å². The van der Waals surface area contributed by atoms with Gasteiger partial charge in [0.05, 0.1) is 18.4 Å². The largest absolute Gasteiger partial charge is 0.341 e. The minimum absolute atomic E-state index is 0.0381. The number of nitrogens with two attached hydrogens (primary N) is 1. The van der Waals surface area contributed by atoms with Gasteiger partial charge in [0.25, 0.3) is 0 Å². The van der Waals surface area contributed by atoms with Gasteiger partial charge >= 0.3 is 0 Å². The van der Waals surface area contributed by atoms with Crippen molar-refractivity contribution in [1.29, 1.82) is 0 Å². The predicted molar refractivity (Wildman–Crippen MR) is 132 cm³/mol. The predicted octanol–water partition coefficient (Wildman–Crippen LogP) is 5.53. The summed E-state index contributed by atoms with van der Waals surface area (Å²) in [5.41, 5.74) is 10.8. The summed E-state index contributed by atoms with van der Waals surface area (Å²) in [4.78, 5) is 20.0. The Labute approximate surface area is 196 Å². The van der Waals surface area contributed by atoms with Crippen LogP contribution in [0.3, 0.4) is 0 Å². The molecule has 0 radical (unpaired) electrons. The highest BCUT2D eigenvalue weighted by Gasteiger charge is 2.12. The van der Waals surface area contributed by atoms with Crippen LogP contribution >= 0.6 is 23.2 Å². The first kappa shape index (κ1) is 22.1. The Kier molecular flexibility index (Phi) is 6.61. The summed E-state index contributed by atoms with van der Waals surface area (Å²) < 4.78 is 1.93. The molecule has 0 unspecified atom stereocenters. The second kappa shape index (κ2) is 9.57. The normalized spacial score (nSPS) is 11.4. The number of H-pyrrole nitrogens is 1. The Balaban J connectivity index is 1.58. The second-order valence-corrected chi connectivity index (χ2v) is 8.23. The molecule has 4 rings (SSSR count). The molecule has 0 aliphatic carbocycles. The van der Waals surface area contributed by atoms with Gasteiger partial charge in [-0.05, 0) is 41.8 Å². The first-order valence-electron chi connectivity index (χ1n) is 10.1. The lowest BCUT2D eigenvalue weighted by molar-refractivity contribution is 0.950. The van der Waals surface area contributed by atoms with Gasteiger partial charge < -0.3 is 15.3 Å². The van der Waals surface area contributed by atoms with Gasteiger partial charge in [0, 0.05) is 46.2 Å². The zero-order valence-electron chi connectivity index (χ0n) is 17.5. The van der Waals surface area contributed by atoms with E-state index in [4.69, 9.17) is 28.9 Å². The quantitative estimate of drug-likeness (QED) is 0.393. The molecule has 0 atom stereocenters. The third-order valence-corrected chi connectivity index (χ3v) is 6.10. The smallest absolute Gasteiger partial charge is 0.185 e. The van der Waals surface area contributed by atoms with Crippen molar-refractivity contribution in [3.8, 4) is 11.3 Å². The molecule has 0 amide bonds. The Hall–Kier alpha value is -3.12. The van der Waals surface area contributed by atoms with Gasteiger partial charge in [-0.1, -0.05) is 53.5 Å². The maximum atomic E-state index is 12.5. The Morgan fingerprint density at radius 3 is 2.44 bits per heavy atom. The Morgan fingerprint density at radius 2 is 1.78 bits per heavy atom. The van der Waals surface area contributed by atoms with Crippen LogP contribution < -0.4 is 11.2 Å². The molecule has 0 fully saturated rings. The van der Waals surface area contributed by atoms with Crippen LogP contribution in [0, 0.1) is 6.92 Å². The van der Waals surface area contributed by atoms with E-state index in [9.17, 15) is 4.79 Å². The second-order valence-electron chi connectivity index (χ2n) is 7.41. The molecule has 0 bridgehead atoms. The fourth-order valence-electron chi connectivity index (χ4n) is 3.50. The van der Waals surface area contributed by atoms with Gasteiger partial charge in [-0.3, -0.25) is 4.79 Å². The van der Waals surface area contributed by atoms with E-state index in [0.717, 1.165) is 33.9 Å². The summed E-state index contributed by atoms with van der Waals surface area (Å²) in [6.07, 6.45) is 7.85. The molecule has 0 saturated heterocycles. The molecule has 4 aromatic rings. The summed E-state index contributed by atoms with van der Waals surface area (Å²) in [5, 5.41) is 1.11. The Bertz CT molecular complexity index is 1320. The van der Waals surface area contributed by atoms with Crippen molar-refractivity contribution in [2.45, 2.75) is 19.9 Å². The molecule has 32 heavy (non-hydrogen) atoms. The van der Waals surface area contributed by atoms with Crippen LogP contribution in [0.2, 0.25) is 10.0 Å². The zero-order chi connectivity index (χ0) is 22.7. The number of aromatic amines is 1. The lowest BCUT2D eigenvalue weighted by Crippen LogP contribution is -2.15. The first-order valence-corrected chi connectivity index (χ1v) is 10.9. The van der Waals surface area contributed by atoms with Crippen LogP contribution in [0.15, 0.2) is 65.7 Å². The third kappa shape index (κ3) is 4.70.